The van der Waals surface area contributed by atoms with Crippen LogP contribution in [0, 0.1) is 5.82 Å². The average molecular weight is 315 g/mol. The van der Waals surface area contributed by atoms with Gasteiger partial charge in [0.1, 0.15) is 11.9 Å². The first-order chi connectivity index (χ1) is 9.54. The fraction of sp³-hybridized carbons (Fsp3) is 0.214. The molecule has 0 aliphatic heterocycles. The second kappa shape index (κ2) is 6.29. The Morgan fingerprint density at radius 1 is 1.30 bits per heavy atom. The lowest BCUT2D eigenvalue weighted by atomic mass is 10.1. The molecule has 1 heterocycles. The molecule has 0 amide bonds. The molecular weight excluding hydrogens is 302 g/mol. The Kier molecular flexibility index (Phi) is 4.68. The van der Waals surface area contributed by atoms with Crippen molar-refractivity contribution in [3.8, 4) is 5.75 Å². The lowest BCUT2D eigenvalue weighted by Gasteiger charge is -2.19. The molecule has 6 heteroatoms. The van der Waals surface area contributed by atoms with Crippen LogP contribution >= 0.6 is 23.2 Å². The zero-order valence-corrected chi connectivity index (χ0v) is 12.5. The SMILES string of the molecule is CNc1ncccc1OC(C)c1c(Cl)ccc(F)c1Cl. The molecule has 3 nitrogen and oxygen atoms in total. The highest BCUT2D eigenvalue weighted by molar-refractivity contribution is 6.36. The van der Waals surface area contributed by atoms with Gasteiger partial charge in [0.25, 0.3) is 0 Å². The molecule has 0 spiro atoms. The molecular formula is C14H13Cl2FN2O. The second-order valence-corrected chi connectivity index (χ2v) is 4.90. The summed E-state index contributed by atoms with van der Waals surface area (Å²) >= 11 is 12.0. The van der Waals surface area contributed by atoms with Crippen LogP contribution in [0.1, 0.15) is 18.6 Å². The van der Waals surface area contributed by atoms with Gasteiger partial charge in [-0.15, -0.1) is 0 Å². The van der Waals surface area contributed by atoms with Crippen molar-refractivity contribution in [2.75, 3.05) is 12.4 Å². The predicted octanol–water partition coefficient (Wildman–Crippen LogP) is 4.71. The van der Waals surface area contributed by atoms with E-state index >= 15 is 0 Å². The molecule has 1 unspecified atom stereocenters. The van der Waals surface area contributed by atoms with E-state index in [1.54, 1.807) is 32.3 Å². The van der Waals surface area contributed by atoms with Gasteiger partial charge in [0.2, 0.25) is 0 Å². The van der Waals surface area contributed by atoms with E-state index in [0.717, 1.165) is 0 Å². The Balaban J connectivity index is 2.33. The third kappa shape index (κ3) is 2.97. The highest BCUT2D eigenvalue weighted by Gasteiger charge is 2.19. The quantitative estimate of drug-likeness (QED) is 0.830. The van der Waals surface area contributed by atoms with Gasteiger partial charge in [-0.3, -0.25) is 0 Å². The molecule has 2 rings (SSSR count). The third-order valence-corrected chi connectivity index (χ3v) is 3.51. The van der Waals surface area contributed by atoms with Crippen LogP contribution in [0.5, 0.6) is 5.75 Å². The van der Waals surface area contributed by atoms with Gasteiger partial charge in [-0.2, -0.15) is 0 Å². The first-order valence-electron chi connectivity index (χ1n) is 5.97. The summed E-state index contributed by atoms with van der Waals surface area (Å²) in [7, 11) is 1.74. The molecule has 1 aromatic heterocycles. The molecule has 0 fully saturated rings. The summed E-state index contributed by atoms with van der Waals surface area (Å²) in [5.41, 5.74) is 0.416. The van der Waals surface area contributed by atoms with Gasteiger partial charge in [-0.05, 0) is 31.2 Å². The number of hydrogen-bond donors (Lipinski definition) is 1. The summed E-state index contributed by atoms with van der Waals surface area (Å²) in [6.45, 7) is 1.75. The Labute approximate surface area is 126 Å². The van der Waals surface area contributed by atoms with E-state index in [0.29, 0.717) is 22.2 Å². The van der Waals surface area contributed by atoms with E-state index in [1.165, 1.54) is 12.1 Å². The van der Waals surface area contributed by atoms with Crippen LogP contribution in [-0.4, -0.2) is 12.0 Å². The number of anilines is 1. The first-order valence-corrected chi connectivity index (χ1v) is 6.73. The maximum atomic E-state index is 13.5. The summed E-state index contributed by atoms with van der Waals surface area (Å²) in [5.74, 6) is 0.600. The minimum atomic E-state index is -0.526. The maximum absolute atomic E-state index is 13.5. The normalized spacial score (nSPS) is 12.1. The molecule has 20 heavy (non-hydrogen) atoms. The van der Waals surface area contributed by atoms with Gasteiger partial charge in [-0.1, -0.05) is 23.2 Å². The van der Waals surface area contributed by atoms with Gasteiger partial charge in [0.05, 0.1) is 5.02 Å². The van der Waals surface area contributed by atoms with Crippen LogP contribution < -0.4 is 10.1 Å². The third-order valence-electron chi connectivity index (χ3n) is 2.80. The first kappa shape index (κ1) is 14.9. The lowest BCUT2D eigenvalue weighted by molar-refractivity contribution is 0.227. The van der Waals surface area contributed by atoms with E-state index in [1.807, 2.05) is 0 Å². The number of nitrogens with one attached hydrogen (secondary N) is 1. The number of pyridine rings is 1. The monoisotopic (exact) mass is 314 g/mol. The Hall–Kier alpha value is -1.52. The van der Waals surface area contributed by atoms with Crippen molar-refractivity contribution in [2.45, 2.75) is 13.0 Å². The number of halogens is 3. The molecule has 106 valence electrons. The predicted molar refractivity (Wildman–Crippen MR) is 79.2 cm³/mol. The van der Waals surface area contributed by atoms with Gasteiger partial charge < -0.3 is 10.1 Å². The van der Waals surface area contributed by atoms with E-state index in [-0.39, 0.29) is 5.02 Å². The number of rotatable bonds is 4. The summed E-state index contributed by atoms with van der Waals surface area (Å²) < 4.78 is 19.3. The number of benzene rings is 1. The summed E-state index contributed by atoms with van der Waals surface area (Å²) in [6.07, 6.45) is 1.13. The lowest BCUT2D eigenvalue weighted by Crippen LogP contribution is -2.07. The second-order valence-electron chi connectivity index (χ2n) is 4.12. The van der Waals surface area contributed by atoms with Crippen LogP contribution in [0.15, 0.2) is 30.5 Å². The molecule has 0 saturated carbocycles. The maximum Gasteiger partial charge on any atom is 0.168 e. The van der Waals surface area contributed by atoms with Gasteiger partial charge in [0.15, 0.2) is 11.6 Å². The molecule has 0 bridgehead atoms. The smallest absolute Gasteiger partial charge is 0.168 e. The van der Waals surface area contributed by atoms with Crippen molar-refractivity contribution in [1.29, 1.82) is 0 Å². The van der Waals surface area contributed by atoms with E-state index < -0.39 is 11.9 Å². The Morgan fingerprint density at radius 2 is 2.05 bits per heavy atom. The Morgan fingerprint density at radius 3 is 2.75 bits per heavy atom. The van der Waals surface area contributed by atoms with Crippen LogP contribution in [0.3, 0.4) is 0 Å². The minimum absolute atomic E-state index is 0.0279. The zero-order chi connectivity index (χ0) is 14.7. The van der Waals surface area contributed by atoms with Crippen LogP contribution in [0.4, 0.5) is 10.2 Å². The van der Waals surface area contributed by atoms with E-state index in [4.69, 9.17) is 27.9 Å². The van der Waals surface area contributed by atoms with Crippen molar-refractivity contribution < 1.29 is 9.13 Å². The van der Waals surface area contributed by atoms with Crippen molar-refractivity contribution in [1.82, 2.24) is 4.98 Å². The Bertz CT molecular complexity index is 622. The van der Waals surface area contributed by atoms with Crippen molar-refractivity contribution in [3.05, 3.63) is 51.9 Å². The summed E-state index contributed by atoms with van der Waals surface area (Å²) in [4.78, 5) is 4.13. The minimum Gasteiger partial charge on any atom is -0.482 e. The van der Waals surface area contributed by atoms with Gasteiger partial charge >= 0.3 is 0 Å². The average Bonchev–Trinajstić information content (AvgIpc) is 2.44. The van der Waals surface area contributed by atoms with E-state index in [9.17, 15) is 4.39 Å². The fourth-order valence-electron chi connectivity index (χ4n) is 1.84. The van der Waals surface area contributed by atoms with Crippen LogP contribution in [0.25, 0.3) is 0 Å². The van der Waals surface area contributed by atoms with Crippen molar-refractivity contribution in [2.24, 2.45) is 0 Å². The molecule has 0 aliphatic rings. The van der Waals surface area contributed by atoms with Crippen LogP contribution in [-0.2, 0) is 0 Å². The largest absolute Gasteiger partial charge is 0.482 e. The van der Waals surface area contributed by atoms with Gasteiger partial charge in [0, 0.05) is 23.8 Å². The highest BCUT2D eigenvalue weighted by Crippen LogP contribution is 2.35. The van der Waals surface area contributed by atoms with Crippen LogP contribution in [0.2, 0.25) is 10.0 Å². The number of ether oxygens (including phenoxy) is 1. The molecule has 1 N–H and O–H groups in total. The topological polar surface area (TPSA) is 34.2 Å². The summed E-state index contributed by atoms with van der Waals surface area (Å²) in [6, 6.07) is 6.19. The molecule has 0 saturated heterocycles. The van der Waals surface area contributed by atoms with Crippen molar-refractivity contribution >= 4 is 29.0 Å². The standard InChI is InChI=1S/C14H13Cl2FN2O/c1-8(12-9(15)5-6-10(17)13(12)16)20-11-4-3-7-19-14(11)18-2/h3-8H,1-2H3,(H,18,19). The number of hydrogen-bond acceptors (Lipinski definition) is 3. The fourth-order valence-corrected chi connectivity index (χ4v) is 2.52. The zero-order valence-electron chi connectivity index (χ0n) is 11.0. The highest BCUT2D eigenvalue weighted by atomic mass is 35.5. The molecule has 0 aliphatic carbocycles. The number of aromatic nitrogens is 1. The van der Waals surface area contributed by atoms with E-state index in [2.05, 4.69) is 10.3 Å². The molecule has 2 aromatic rings. The molecule has 0 radical (unpaired) electrons. The molecule has 1 aromatic carbocycles. The number of nitrogens with zero attached hydrogens (tertiary/aromatic N) is 1. The molecule has 1 atom stereocenters. The van der Waals surface area contributed by atoms with Crippen molar-refractivity contribution in [3.63, 3.8) is 0 Å². The summed E-state index contributed by atoms with van der Waals surface area (Å²) in [5, 5.41) is 3.25. The van der Waals surface area contributed by atoms with Gasteiger partial charge in [-0.25, -0.2) is 9.37 Å².